The van der Waals surface area contributed by atoms with Crippen molar-refractivity contribution in [1.29, 1.82) is 0 Å². The van der Waals surface area contributed by atoms with Gasteiger partial charge in [0.15, 0.2) is 11.6 Å². The number of rotatable bonds is 3. The van der Waals surface area contributed by atoms with E-state index in [9.17, 15) is 4.39 Å². The highest BCUT2D eigenvalue weighted by Gasteiger charge is 2.09. The summed E-state index contributed by atoms with van der Waals surface area (Å²) in [5, 5.41) is 0.603. The van der Waals surface area contributed by atoms with E-state index < -0.39 is 5.82 Å². The molecule has 1 heterocycles. The fourth-order valence-corrected chi connectivity index (χ4v) is 2.04. The molecule has 0 spiro atoms. The van der Waals surface area contributed by atoms with Crippen LogP contribution in [0.2, 0.25) is 0 Å². The Morgan fingerprint density at radius 2 is 2.12 bits per heavy atom. The third kappa shape index (κ3) is 3.04. The van der Waals surface area contributed by atoms with Gasteiger partial charge in [-0.3, -0.25) is 0 Å². The lowest BCUT2D eigenvalue weighted by molar-refractivity contribution is 0.424. The van der Waals surface area contributed by atoms with Crippen LogP contribution in [0, 0.1) is 5.82 Å². The molecule has 0 N–H and O–H groups in total. The fraction of sp³-hybridized carbons (Fsp3) is 0.0833. The SMILES string of the molecule is Fc1ccc(Br)cc1Oc1ncccc1CBr. The molecule has 0 atom stereocenters. The molecule has 2 rings (SSSR count). The van der Waals surface area contributed by atoms with Gasteiger partial charge < -0.3 is 4.74 Å². The van der Waals surface area contributed by atoms with Gasteiger partial charge in [0, 0.05) is 21.6 Å². The lowest BCUT2D eigenvalue weighted by Gasteiger charge is -2.09. The van der Waals surface area contributed by atoms with E-state index in [1.165, 1.54) is 6.07 Å². The molecule has 1 aromatic heterocycles. The number of hydrogen-bond donors (Lipinski definition) is 0. The summed E-state index contributed by atoms with van der Waals surface area (Å²) in [5.74, 6) is 0.140. The highest BCUT2D eigenvalue weighted by atomic mass is 79.9. The molecule has 2 nitrogen and oxygen atoms in total. The molecule has 0 radical (unpaired) electrons. The van der Waals surface area contributed by atoms with Gasteiger partial charge in [-0.1, -0.05) is 37.9 Å². The molecule has 0 bridgehead atoms. The van der Waals surface area contributed by atoms with Crippen molar-refractivity contribution in [1.82, 2.24) is 4.98 Å². The quantitative estimate of drug-likeness (QED) is 0.742. The van der Waals surface area contributed by atoms with Crippen molar-refractivity contribution in [3.05, 3.63) is 52.4 Å². The van der Waals surface area contributed by atoms with Gasteiger partial charge in [0.2, 0.25) is 5.88 Å². The summed E-state index contributed by atoms with van der Waals surface area (Å²) in [4.78, 5) is 4.08. The number of halogens is 3. The van der Waals surface area contributed by atoms with Crippen molar-refractivity contribution in [2.45, 2.75) is 5.33 Å². The summed E-state index contributed by atoms with van der Waals surface area (Å²) in [5.41, 5.74) is 0.867. The van der Waals surface area contributed by atoms with Crippen LogP contribution in [0.1, 0.15) is 5.56 Å². The highest BCUT2D eigenvalue weighted by Crippen LogP contribution is 2.28. The van der Waals surface area contributed by atoms with E-state index in [2.05, 4.69) is 36.8 Å². The van der Waals surface area contributed by atoms with Crippen molar-refractivity contribution in [3.8, 4) is 11.6 Å². The predicted octanol–water partition coefficient (Wildman–Crippen LogP) is 4.67. The zero-order valence-corrected chi connectivity index (χ0v) is 11.8. The van der Waals surface area contributed by atoms with Gasteiger partial charge in [0.25, 0.3) is 0 Å². The minimum atomic E-state index is -0.417. The molecule has 88 valence electrons. The van der Waals surface area contributed by atoms with Gasteiger partial charge >= 0.3 is 0 Å². The second-order valence-electron chi connectivity index (χ2n) is 3.28. The van der Waals surface area contributed by atoms with E-state index >= 15 is 0 Å². The maximum absolute atomic E-state index is 13.5. The predicted molar refractivity (Wildman–Crippen MR) is 71.0 cm³/mol. The Labute approximate surface area is 115 Å². The normalized spacial score (nSPS) is 10.3. The average molecular weight is 361 g/mol. The molecule has 0 aliphatic rings. The van der Waals surface area contributed by atoms with Crippen molar-refractivity contribution >= 4 is 31.9 Å². The smallest absolute Gasteiger partial charge is 0.223 e. The van der Waals surface area contributed by atoms with Crippen molar-refractivity contribution < 1.29 is 9.13 Å². The summed E-state index contributed by atoms with van der Waals surface area (Å²) in [6.45, 7) is 0. The Balaban J connectivity index is 2.34. The zero-order chi connectivity index (χ0) is 12.3. The number of ether oxygens (including phenoxy) is 1. The molecule has 0 amide bonds. The molecule has 17 heavy (non-hydrogen) atoms. The molecule has 0 saturated heterocycles. The van der Waals surface area contributed by atoms with Crippen LogP contribution < -0.4 is 4.74 Å². The first-order valence-corrected chi connectivity index (χ1v) is 6.75. The van der Waals surface area contributed by atoms with E-state index in [-0.39, 0.29) is 5.75 Å². The van der Waals surface area contributed by atoms with Crippen molar-refractivity contribution in [2.24, 2.45) is 0 Å². The molecule has 2 aromatic rings. The Hall–Kier alpha value is -0.940. The summed E-state index contributed by atoms with van der Waals surface area (Å²) in [6.07, 6.45) is 1.61. The van der Waals surface area contributed by atoms with Crippen molar-refractivity contribution in [2.75, 3.05) is 0 Å². The van der Waals surface area contributed by atoms with Crippen LogP contribution in [0.3, 0.4) is 0 Å². The van der Waals surface area contributed by atoms with Gasteiger partial charge in [0.05, 0.1) is 0 Å². The number of hydrogen-bond acceptors (Lipinski definition) is 2. The first-order chi connectivity index (χ1) is 8.20. The van der Waals surface area contributed by atoms with Crippen LogP contribution in [-0.4, -0.2) is 4.98 Å². The second kappa shape index (κ2) is 5.60. The van der Waals surface area contributed by atoms with E-state index in [0.717, 1.165) is 10.0 Å². The maximum Gasteiger partial charge on any atom is 0.223 e. The highest BCUT2D eigenvalue weighted by molar-refractivity contribution is 9.10. The fourth-order valence-electron chi connectivity index (χ4n) is 1.28. The Bertz CT molecular complexity index is 534. The van der Waals surface area contributed by atoms with Gasteiger partial charge in [-0.05, 0) is 24.3 Å². The lowest BCUT2D eigenvalue weighted by atomic mass is 10.3. The second-order valence-corrected chi connectivity index (χ2v) is 4.75. The van der Waals surface area contributed by atoms with Gasteiger partial charge in [0.1, 0.15) is 0 Å². The number of aromatic nitrogens is 1. The van der Waals surface area contributed by atoms with Gasteiger partial charge in [-0.15, -0.1) is 0 Å². The first kappa shape index (κ1) is 12.5. The average Bonchev–Trinajstić information content (AvgIpc) is 2.34. The van der Waals surface area contributed by atoms with Crippen LogP contribution >= 0.6 is 31.9 Å². The molecule has 5 heteroatoms. The molecular weight excluding hydrogens is 353 g/mol. The minimum Gasteiger partial charge on any atom is -0.436 e. The monoisotopic (exact) mass is 359 g/mol. The molecule has 0 fully saturated rings. The van der Waals surface area contributed by atoms with E-state index in [0.29, 0.717) is 11.2 Å². The van der Waals surface area contributed by atoms with E-state index in [4.69, 9.17) is 4.74 Å². The zero-order valence-electron chi connectivity index (χ0n) is 8.66. The summed E-state index contributed by atoms with van der Waals surface area (Å²) in [7, 11) is 0. The molecule has 0 aliphatic carbocycles. The van der Waals surface area contributed by atoms with E-state index in [1.54, 1.807) is 24.4 Å². The van der Waals surface area contributed by atoms with Crippen LogP contribution in [0.4, 0.5) is 4.39 Å². The first-order valence-electron chi connectivity index (χ1n) is 4.83. The molecular formula is C12H8Br2FNO. The van der Waals surface area contributed by atoms with Gasteiger partial charge in [-0.25, -0.2) is 9.37 Å². The van der Waals surface area contributed by atoms with Crippen LogP contribution in [0.5, 0.6) is 11.6 Å². The van der Waals surface area contributed by atoms with Crippen LogP contribution in [0.15, 0.2) is 41.0 Å². The topological polar surface area (TPSA) is 22.1 Å². The maximum atomic E-state index is 13.5. The third-order valence-electron chi connectivity index (χ3n) is 2.09. The number of pyridine rings is 1. The largest absolute Gasteiger partial charge is 0.436 e. The number of alkyl halides is 1. The Kier molecular flexibility index (Phi) is 4.12. The standard InChI is InChI=1S/C12H8Br2FNO/c13-7-8-2-1-5-16-12(8)17-11-6-9(14)3-4-10(11)15/h1-6H,7H2. The minimum absolute atomic E-state index is 0.153. The third-order valence-corrected chi connectivity index (χ3v) is 3.19. The summed E-state index contributed by atoms with van der Waals surface area (Å²) >= 11 is 6.60. The van der Waals surface area contributed by atoms with Gasteiger partial charge in [-0.2, -0.15) is 0 Å². The summed E-state index contributed by atoms with van der Waals surface area (Å²) in [6, 6.07) is 8.21. The van der Waals surface area contributed by atoms with Crippen molar-refractivity contribution in [3.63, 3.8) is 0 Å². The summed E-state index contributed by atoms with van der Waals surface area (Å²) < 4.78 is 19.7. The van der Waals surface area contributed by atoms with Crippen LogP contribution in [0.25, 0.3) is 0 Å². The van der Waals surface area contributed by atoms with E-state index in [1.807, 2.05) is 6.07 Å². The van der Waals surface area contributed by atoms with Crippen LogP contribution in [-0.2, 0) is 5.33 Å². The number of benzene rings is 1. The Morgan fingerprint density at radius 3 is 2.88 bits per heavy atom. The molecule has 0 aliphatic heterocycles. The molecule has 0 unspecified atom stereocenters. The number of nitrogens with zero attached hydrogens (tertiary/aromatic N) is 1. The molecule has 1 aromatic carbocycles. The lowest BCUT2D eigenvalue weighted by Crippen LogP contribution is -1.94. The molecule has 0 saturated carbocycles. The Morgan fingerprint density at radius 1 is 1.29 bits per heavy atom.